The molecule has 12 rings (SSSR count). The predicted octanol–water partition coefficient (Wildman–Crippen LogP) is 12.3. The molecule has 1 spiro atoms. The van der Waals surface area contributed by atoms with Gasteiger partial charge in [-0.1, -0.05) is 133 Å². The van der Waals surface area contributed by atoms with Gasteiger partial charge in [0.1, 0.15) is 22.7 Å². The van der Waals surface area contributed by atoms with E-state index in [1.54, 1.807) is 0 Å². The third kappa shape index (κ3) is 4.65. The van der Waals surface area contributed by atoms with Crippen molar-refractivity contribution in [3.8, 4) is 68.0 Å². The molecule has 6 heteroatoms. The number of aromatic nitrogens is 4. The molecule has 7 aromatic carbocycles. The average molecular weight is 731 g/mol. The van der Waals surface area contributed by atoms with Crippen LogP contribution in [0.25, 0.3) is 78.5 Å². The quantitative estimate of drug-likeness (QED) is 0.179. The molecule has 0 fully saturated rings. The van der Waals surface area contributed by atoms with Crippen LogP contribution in [0.2, 0.25) is 0 Å². The zero-order valence-electron chi connectivity index (χ0n) is 30.4. The molecule has 0 atom stereocenters. The molecule has 266 valence electrons. The first-order valence-electron chi connectivity index (χ1n) is 19.0. The molecule has 0 saturated carbocycles. The lowest BCUT2D eigenvalue weighted by atomic mass is 9.66. The van der Waals surface area contributed by atoms with Crippen LogP contribution >= 0.6 is 0 Å². The van der Waals surface area contributed by atoms with E-state index in [0.29, 0.717) is 17.5 Å². The second-order valence-corrected chi connectivity index (χ2v) is 14.5. The molecule has 6 nitrogen and oxygen atoms in total. The highest BCUT2D eigenvalue weighted by atomic mass is 16.5. The maximum Gasteiger partial charge on any atom is 0.165 e. The zero-order chi connectivity index (χ0) is 37.5. The third-order valence-corrected chi connectivity index (χ3v) is 11.5. The summed E-state index contributed by atoms with van der Waals surface area (Å²) in [5.41, 5.74) is 12.6. The molecule has 1 aliphatic heterocycles. The minimum absolute atomic E-state index is 0.563. The molecular weight excluding hydrogens is 701 g/mol. The third-order valence-electron chi connectivity index (χ3n) is 11.5. The van der Waals surface area contributed by atoms with Crippen LogP contribution in [0.15, 0.2) is 187 Å². The number of furan rings is 1. The van der Waals surface area contributed by atoms with Gasteiger partial charge in [-0.2, -0.15) is 0 Å². The van der Waals surface area contributed by atoms with Gasteiger partial charge in [0.2, 0.25) is 0 Å². The second-order valence-electron chi connectivity index (χ2n) is 14.5. The van der Waals surface area contributed by atoms with Crippen molar-refractivity contribution in [2.24, 2.45) is 0 Å². The van der Waals surface area contributed by atoms with Gasteiger partial charge >= 0.3 is 0 Å². The van der Waals surface area contributed by atoms with Gasteiger partial charge in [-0.25, -0.2) is 15.0 Å². The highest BCUT2D eigenvalue weighted by Crippen LogP contribution is 2.62. The molecule has 10 aromatic rings. The van der Waals surface area contributed by atoms with Gasteiger partial charge in [0.15, 0.2) is 17.5 Å². The smallest absolute Gasteiger partial charge is 0.165 e. The molecule has 3 aromatic heterocycles. The Bertz CT molecular complexity index is 3110. The van der Waals surface area contributed by atoms with Crippen LogP contribution in [0.5, 0.6) is 11.5 Å². The molecule has 0 amide bonds. The van der Waals surface area contributed by atoms with Crippen molar-refractivity contribution in [3.05, 3.63) is 204 Å². The second kappa shape index (κ2) is 12.2. The molecule has 0 saturated heterocycles. The lowest BCUT2D eigenvalue weighted by molar-refractivity contribution is 0.436. The maximum atomic E-state index is 6.77. The van der Waals surface area contributed by atoms with E-state index in [-0.39, 0.29) is 0 Å². The van der Waals surface area contributed by atoms with Crippen molar-refractivity contribution >= 4 is 21.9 Å². The summed E-state index contributed by atoms with van der Waals surface area (Å²) in [6.45, 7) is 0. The average Bonchev–Trinajstić information content (AvgIpc) is 3.79. The summed E-state index contributed by atoms with van der Waals surface area (Å²) < 4.78 is 13.3. The topological polar surface area (TPSA) is 73.9 Å². The van der Waals surface area contributed by atoms with Crippen molar-refractivity contribution in [2.45, 2.75) is 5.41 Å². The van der Waals surface area contributed by atoms with Gasteiger partial charge in [-0.15, -0.1) is 0 Å². The fraction of sp³-hybridized carbons (Fsp3) is 0.0196. The van der Waals surface area contributed by atoms with Crippen molar-refractivity contribution in [1.29, 1.82) is 0 Å². The van der Waals surface area contributed by atoms with Gasteiger partial charge < -0.3 is 9.15 Å². The zero-order valence-corrected chi connectivity index (χ0v) is 30.4. The number of nitrogens with zero attached hydrogens (tertiary/aromatic N) is 4. The Morgan fingerprint density at radius 2 is 0.982 bits per heavy atom. The van der Waals surface area contributed by atoms with Crippen molar-refractivity contribution in [1.82, 2.24) is 19.9 Å². The minimum Gasteiger partial charge on any atom is -0.457 e. The summed E-state index contributed by atoms with van der Waals surface area (Å²) >= 11 is 0. The number of pyridine rings is 1. The fourth-order valence-corrected chi connectivity index (χ4v) is 9.01. The number of benzene rings is 7. The Labute approximate surface area is 327 Å². The van der Waals surface area contributed by atoms with E-state index in [4.69, 9.17) is 29.1 Å². The molecule has 57 heavy (non-hydrogen) atoms. The lowest BCUT2D eigenvalue weighted by Gasteiger charge is -2.39. The van der Waals surface area contributed by atoms with E-state index < -0.39 is 5.41 Å². The van der Waals surface area contributed by atoms with E-state index in [1.807, 2.05) is 103 Å². The fourth-order valence-electron chi connectivity index (χ4n) is 9.01. The number of hydrogen-bond acceptors (Lipinski definition) is 6. The van der Waals surface area contributed by atoms with E-state index >= 15 is 0 Å². The van der Waals surface area contributed by atoms with Crippen LogP contribution < -0.4 is 4.74 Å². The van der Waals surface area contributed by atoms with E-state index in [1.165, 1.54) is 22.3 Å². The first kappa shape index (κ1) is 31.6. The normalized spacial score (nSPS) is 13.2. The van der Waals surface area contributed by atoms with Crippen LogP contribution in [-0.4, -0.2) is 19.9 Å². The Morgan fingerprint density at radius 3 is 1.63 bits per heavy atom. The molecule has 0 radical (unpaired) electrons. The van der Waals surface area contributed by atoms with Crippen molar-refractivity contribution < 1.29 is 9.15 Å². The largest absolute Gasteiger partial charge is 0.457 e. The summed E-state index contributed by atoms with van der Waals surface area (Å²) in [5.74, 6) is 3.52. The number of para-hydroxylation sites is 2. The molecule has 2 aliphatic rings. The molecule has 4 heterocycles. The van der Waals surface area contributed by atoms with Gasteiger partial charge in [0.25, 0.3) is 0 Å². The lowest BCUT2D eigenvalue weighted by Crippen LogP contribution is -2.32. The maximum absolute atomic E-state index is 6.77. The molecule has 0 bridgehead atoms. The Morgan fingerprint density at radius 1 is 0.404 bits per heavy atom. The monoisotopic (exact) mass is 730 g/mol. The van der Waals surface area contributed by atoms with Gasteiger partial charge in [0, 0.05) is 50.4 Å². The summed E-state index contributed by atoms with van der Waals surface area (Å²) in [4.78, 5) is 19.7. The molecule has 0 unspecified atom stereocenters. The first-order chi connectivity index (χ1) is 28.2. The Balaban J connectivity index is 1.02. The molecular formula is C51H30N4O2. The van der Waals surface area contributed by atoms with Crippen molar-refractivity contribution in [2.75, 3.05) is 0 Å². The highest BCUT2D eigenvalue weighted by Gasteiger charge is 2.51. The minimum atomic E-state index is -0.569. The van der Waals surface area contributed by atoms with Crippen LogP contribution in [0.1, 0.15) is 22.3 Å². The standard InChI is InChI=1S/C51H30N4O2/c1-3-14-31(15-4-1)48-53-49(32-16-5-2-6-17-32)55-50(54-48)33-26-27-42(52-30-33)35-19-13-25-45-47(35)37-28-36-34-18-7-8-20-38(34)51(41(36)29-46(37)57-45)39-21-9-11-23-43(39)56-44-24-12-10-22-40(44)51/h1-30H. The molecule has 1 aliphatic carbocycles. The Kier molecular flexibility index (Phi) is 6.74. The number of fused-ring (bicyclic) bond motifs is 12. The Hall–Kier alpha value is -7.70. The van der Waals surface area contributed by atoms with E-state index in [2.05, 4.69) is 78.9 Å². The summed E-state index contributed by atoms with van der Waals surface area (Å²) in [7, 11) is 0. The summed E-state index contributed by atoms with van der Waals surface area (Å²) in [6.07, 6.45) is 1.85. The summed E-state index contributed by atoms with van der Waals surface area (Å²) in [6, 6.07) is 60.5. The van der Waals surface area contributed by atoms with Crippen LogP contribution in [0, 0.1) is 0 Å². The van der Waals surface area contributed by atoms with Crippen LogP contribution in [0.3, 0.4) is 0 Å². The van der Waals surface area contributed by atoms with E-state index in [0.717, 1.165) is 72.5 Å². The number of ether oxygens (including phenoxy) is 1. The van der Waals surface area contributed by atoms with Gasteiger partial charge in [-0.05, 0) is 64.7 Å². The highest BCUT2D eigenvalue weighted by molar-refractivity contribution is 6.14. The summed E-state index contributed by atoms with van der Waals surface area (Å²) in [5, 5.41) is 2.07. The van der Waals surface area contributed by atoms with Crippen LogP contribution in [0.4, 0.5) is 0 Å². The van der Waals surface area contributed by atoms with Gasteiger partial charge in [0.05, 0.1) is 11.1 Å². The first-order valence-corrected chi connectivity index (χ1v) is 19.0. The number of rotatable bonds is 4. The predicted molar refractivity (Wildman–Crippen MR) is 224 cm³/mol. The SMILES string of the molecule is c1ccc(-c2nc(-c3ccccc3)nc(-c3ccc(-c4cccc5oc6cc7c(cc6c45)-c4ccccc4C74c5ccccc5Oc5ccccc54)nc3)n2)cc1. The van der Waals surface area contributed by atoms with Crippen LogP contribution in [-0.2, 0) is 5.41 Å². The van der Waals surface area contributed by atoms with Gasteiger partial charge in [-0.3, -0.25) is 4.98 Å². The van der Waals surface area contributed by atoms with E-state index in [9.17, 15) is 0 Å². The van der Waals surface area contributed by atoms with Crippen molar-refractivity contribution in [3.63, 3.8) is 0 Å². The molecule has 0 N–H and O–H groups in total. The number of hydrogen-bond donors (Lipinski definition) is 0.